The summed E-state index contributed by atoms with van der Waals surface area (Å²) in [6.07, 6.45) is -9.84. The molecule has 3 saturated heterocycles. The Morgan fingerprint density at radius 2 is 1.64 bits per heavy atom. The number of imidazole rings is 2. The van der Waals surface area contributed by atoms with Gasteiger partial charge in [0, 0.05) is 13.1 Å². The van der Waals surface area contributed by atoms with Crippen LogP contribution in [0.25, 0.3) is 22.3 Å². The highest BCUT2D eigenvalue weighted by molar-refractivity contribution is 7.50. The van der Waals surface area contributed by atoms with Crippen LogP contribution in [0.5, 0.6) is 0 Å². The van der Waals surface area contributed by atoms with E-state index in [0.29, 0.717) is 0 Å². The molecule has 45 heavy (non-hydrogen) atoms. The molecule has 4 aromatic rings. The van der Waals surface area contributed by atoms with E-state index < -0.39 is 83.3 Å². The molecule has 2 bridgehead atoms. The summed E-state index contributed by atoms with van der Waals surface area (Å²) in [5, 5.41) is 15.4. The van der Waals surface area contributed by atoms with Crippen LogP contribution in [0.2, 0.25) is 0 Å². The smallest absolute Gasteiger partial charge is 0.403 e. The van der Waals surface area contributed by atoms with E-state index >= 15 is 4.39 Å². The summed E-state index contributed by atoms with van der Waals surface area (Å²) in [4.78, 5) is 58.3. The first-order chi connectivity index (χ1) is 21.3. The van der Waals surface area contributed by atoms with Crippen molar-refractivity contribution in [2.24, 2.45) is 0 Å². The van der Waals surface area contributed by atoms with Crippen molar-refractivity contribution in [2.45, 2.75) is 49.1 Å². The van der Waals surface area contributed by atoms with E-state index in [1.165, 1.54) is 10.9 Å². The molecule has 3 aliphatic heterocycles. The van der Waals surface area contributed by atoms with Crippen LogP contribution < -0.4 is 32.1 Å². The van der Waals surface area contributed by atoms with Crippen molar-refractivity contribution in [1.29, 1.82) is 0 Å². The van der Waals surface area contributed by atoms with Crippen molar-refractivity contribution >= 4 is 49.6 Å². The van der Waals surface area contributed by atoms with Crippen molar-refractivity contribution in [3.63, 3.8) is 0 Å². The molecule has 7 heterocycles. The van der Waals surface area contributed by atoms with E-state index in [1.54, 1.807) is 0 Å². The van der Waals surface area contributed by atoms with Gasteiger partial charge in [0.2, 0.25) is 13.7 Å². The van der Waals surface area contributed by atoms with Crippen LogP contribution in [-0.2, 0) is 27.7 Å². The Morgan fingerprint density at radius 1 is 0.956 bits per heavy atom. The molecule has 22 nitrogen and oxygen atoms in total. The second kappa shape index (κ2) is 10.8. The van der Waals surface area contributed by atoms with Crippen LogP contribution in [0, 0.1) is 0 Å². The Kier molecular flexibility index (Phi) is 7.26. The molecule has 0 saturated carbocycles. The normalized spacial score (nSPS) is 37.7. The second-order valence-electron chi connectivity index (χ2n) is 10.3. The summed E-state index contributed by atoms with van der Waals surface area (Å²) < 4.78 is 66.5. The van der Waals surface area contributed by atoms with Gasteiger partial charge in [-0.3, -0.25) is 33.1 Å². The number of aliphatic hydroxyl groups excluding tert-OH is 1. The Morgan fingerprint density at radius 3 is 2.42 bits per heavy atom. The zero-order valence-corrected chi connectivity index (χ0v) is 24.3. The van der Waals surface area contributed by atoms with Gasteiger partial charge in [-0.2, -0.15) is 4.98 Å². The molecule has 0 aliphatic carbocycles. The fraction of sp³-hybridized carbons (Fsp3) is 0.500. The number of nitrogen functional groups attached to an aromatic ring is 2. The molecular formula is C20H24FN12O10P2-. The highest BCUT2D eigenvalue weighted by atomic mass is 31.2. The average molecular weight is 673 g/mol. The summed E-state index contributed by atoms with van der Waals surface area (Å²) in [6, 6.07) is 0. The predicted octanol–water partition coefficient (Wildman–Crippen LogP) is -2.85. The number of hydrogen-bond donors (Lipinski definition) is 7. The Labute approximate surface area is 249 Å². The number of nitrogens with one attached hydrogen (secondary N) is 3. The highest BCUT2D eigenvalue weighted by Crippen LogP contribution is 2.48. The van der Waals surface area contributed by atoms with Gasteiger partial charge in [0.05, 0.1) is 12.7 Å². The van der Waals surface area contributed by atoms with Gasteiger partial charge in [-0.05, 0) is 0 Å². The Bertz CT molecular complexity index is 1940. The number of aromatic nitrogens is 8. The molecule has 0 amide bonds. The molecule has 25 heteroatoms. The van der Waals surface area contributed by atoms with Crippen molar-refractivity contribution in [1.82, 2.24) is 49.2 Å². The van der Waals surface area contributed by atoms with E-state index in [4.69, 9.17) is 30.0 Å². The minimum absolute atomic E-state index is 0.0382. The number of rotatable bonds is 2. The summed E-state index contributed by atoms with van der Waals surface area (Å²) in [5.74, 6) is -0.265. The van der Waals surface area contributed by atoms with Crippen LogP contribution in [0.3, 0.4) is 0 Å². The molecule has 0 radical (unpaired) electrons. The van der Waals surface area contributed by atoms with Gasteiger partial charge >= 0.3 is 7.75 Å². The molecule has 3 aliphatic rings. The van der Waals surface area contributed by atoms with Crippen molar-refractivity contribution in [3.8, 4) is 0 Å². The molecule has 0 spiro atoms. The summed E-state index contributed by atoms with van der Waals surface area (Å²) in [5.41, 5.74) is 10.7. The van der Waals surface area contributed by atoms with Gasteiger partial charge in [0.15, 0.2) is 41.3 Å². The maximum Gasteiger partial charge on any atom is 0.403 e. The number of H-pyrrole nitrogens is 1. The molecular weight excluding hydrogens is 649 g/mol. The van der Waals surface area contributed by atoms with E-state index in [-0.39, 0.29) is 34.1 Å². The lowest BCUT2D eigenvalue weighted by Crippen LogP contribution is -2.41. The number of fused-ring (bicyclic) bond motifs is 5. The van der Waals surface area contributed by atoms with Crippen LogP contribution in [0.1, 0.15) is 12.5 Å². The zero-order chi connectivity index (χ0) is 31.8. The van der Waals surface area contributed by atoms with Crippen molar-refractivity contribution in [2.75, 3.05) is 24.6 Å². The van der Waals surface area contributed by atoms with E-state index in [1.807, 2.05) is 0 Å². The lowest BCUT2D eigenvalue weighted by molar-refractivity contribution is -0.211. The number of anilines is 2. The molecule has 10 unspecified atom stereocenters. The monoisotopic (exact) mass is 673 g/mol. The third-order valence-corrected chi connectivity index (χ3v) is 9.67. The molecule has 7 rings (SSSR count). The van der Waals surface area contributed by atoms with Crippen molar-refractivity contribution < 1.29 is 46.9 Å². The van der Waals surface area contributed by atoms with Crippen LogP contribution in [0.15, 0.2) is 23.8 Å². The van der Waals surface area contributed by atoms with Gasteiger partial charge in [0.1, 0.15) is 42.4 Å². The van der Waals surface area contributed by atoms with Gasteiger partial charge in [-0.25, -0.2) is 34.0 Å². The zero-order valence-electron chi connectivity index (χ0n) is 22.5. The fourth-order valence-electron chi connectivity index (χ4n) is 5.43. The summed E-state index contributed by atoms with van der Waals surface area (Å²) in [7, 11) is -10.0. The van der Waals surface area contributed by atoms with Gasteiger partial charge in [-0.15, -0.1) is 0 Å². The van der Waals surface area contributed by atoms with Crippen LogP contribution in [0.4, 0.5) is 16.2 Å². The number of alkyl halides is 1. The number of aromatic amines is 1. The number of nitrogens with two attached hydrogens (primary N) is 2. The molecule has 9 N–H and O–H groups in total. The largest absolute Gasteiger partial charge is 0.766 e. The number of ether oxygens (including phenoxy) is 2. The van der Waals surface area contributed by atoms with E-state index in [2.05, 4.69) is 40.1 Å². The molecule has 10 atom stereocenters. The quantitative estimate of drug-likeness (QED) is 0.105. The van der Waals surface area contributed by atoms with Crippen molar-refractivity contribution in [3.05, 3.63) is 29.3 Å². The standard InChI is InChI=1S/C20H25FN12O10P2/c21-8-6-1-28-44(36,37)42-12-7(41-18(11(12)34)32-4-26-9-14(22)24-3-25-15(9)32)2-29-45(38,39)43-13(8)19(40-6)33-5-27-10-16(33)30-20(23)31-17(10)35/h3-8,11-13,18-19,34H,1-2H2,(H2,22,24,25)(H2,28,36,37)(H2,29,38,39)(H3,23,30,31,35)/p-1. The number of nitrogens with zero attached hydrogens (tertiary/aromatic N) is 7. The highest BCUT2D eigenvalue weighted by Gasteiger charge is 2.52. The Balaban J connectivity index is 1.21. The number of hydrogen-bond acceptors (Lipinski definition) is 16. The predicted molar refractivity (Wildman–Crippen MR) is 144 cm³/mol. The first-order valence-electron chi connectivity index (χ1n) is 13.1. The minimum atomic E-state index is -5.17. The summed E-state index contributed by atoms with van der Waals surface area (Å²) in [6.45, 7) is -1.35. The van der Waals surface area contributed by atoms with E-state index in [9.17, 15) is 28.8 Å². The molecule has 0 aromatic carbocycles. The fourth-order valence-corrected chi connectivity index (χ4v) is 7.53. The number of aliphatic hydroxyl groups is 1. The molecule has 4 aromatic heterocycles. The minimum Gasteiger partial charge on any atom is -0.766 e. The maximum atomic E-state index is 15.7. The van der Waals surface area contributed by atoms with Gasteiger partial charge in [0.25, 0.3) is 5.56 Å². The van der Waals surface area contributed by atoms with Gasteiger partial charge in [-0.1, -0.05) is 0 Å². The second-order valence-corrected chi connectivity index (χ2v) is 13.4. The first kappa shape index (κ1) is 30.2. The third kappa shape index (κ3) is 5.30. The average Bonchev–Trinajstić information content (AvgIpc) is 3.72. The maximum absolute atomic E-state index is 15.7. The van der Waals surface area contributed by atoms with Crippen LogP contribution in [-0.4, -0.2) is 98.8 Å². The molecule has 3 fully saturated rings. The van der Waals surface area contributed by atoms with Crippen LogP contribution >= 0.6 is 15.5 Å². The lowest BCUT2D eigenvalue weighted by Gasteiger charge is -2.31. The lowest BCUT2D eigenvalue weighted by atomic mass is 10.1. The topological polar surface area (TPSA) is 318 Å². The third-order valence-electron chi connectivity index (χ3n) is 7.46. The molecule has 242 valence electrons. The first-order valence-corrected chi connectivity index (χ1v) is 16.2. The van der Waals surface area contributed by atoms with Gasteiger partial charge < -0.3 is 40.4 Å². The Hall–Kier alpha value is -3.47. The summed E-state index contributed by atoms with van der Waals surface area (Å²) >= 11 is 0. The SMILES string of the molecule is Nc1nc2c(ncn2C2OC3CNP(=O)(O)OC4C(CNP(=O)([O-])OC2C3F)OC(n2cnc3c(N)ncnc32)C4O)c(=O)[nH]1. The van der Waals surface area contributed by atoms with E-state index in [0.717, 1.165) is 17.2 Å². The number of halogens is 1.